The van der Waals surface area contributed by atoms with Crippen molar-refractivity contribution in [3.63, 3.8) is 0 Å². The van der Waals surface area contributed by atoms with Gasteiger partial charge < -0.3 is 10.1 Å². The molecule has 21 heavy (non-hydrogen) atoms. The number of likely N-dealkylation sites (N-methyl/N-ethyl adjacent to an activating group) is 1. The van der Waals surface area contributed by atoms with Gasteiger partial charge in [-0.15, -0.1) is 0 Å². The minimum absolute atomic E-state index is 0.0855. The second-order valence-corrected chi connectivity index (χ2v) is 7.21. The van der Waals surface area contributed by atoms with Gasteiger partial charge in [-0.2, -0.15) is 0 Å². The lowest BCUT2D eigenvalue weighted by atomic mass is 9.72. The molecule has 2 heteroatoms. The van der Waals surface area contributed by atoms with Gasteiger partial charge in [-0.05, 0) is 50.5 Å². The standard InChI is InChI=1S/C19H39NO/c1-6-9-10-17(7-2)15-18(20-8-3)19(21-5)13-11-16(4)12-14-19/h16-18,20H,6-15H2,1-5H3. The molecule has 2 nitrogen and oxygen atoms in total. The highest BCUT2D eigenvalue weighted by atomic mass is 16.5. The molecule has 2 unspecified atom stereocenters. The van der Waals surface area contributed by atoms with Crippen molar-refractivity contribution in [2.45, 2.75) is 97.1 Å². The third-order valence-corrected chi connectivity index (χ3v) is 5.73. The van der Waals surface area contributed by atoms with E-state index in [4.69, 9.17) is 4.74 Å². The predicted molar refractivity (Wildman–Crippen MR) is 92.8 cm³/mol. The van der Waals surface area contributed by atoms with Gasteiger partial charge in [0.1, 0.15) is 0 Å². The minimum Gasteiger partial charge on any atom is -0.377 e. The van der Waals surface area contributed by atoms with Crippen LogP contribution in [0.25, 0.3) is 0 Å². The lowest BCUT2D eigenvalue weighted by Gasteiger charge is -2.45. The first-order chi connectivity index (χ1) is 10.1. The molecule has 0 radical (unpaired) electrons. The molecule has 1 aliphatic carbocycles. The Morgan fingerprint density at radius 2 is 1.86 bits per heavy atom. The Labute approximate surface area is 133 Å². The van der Waals surface area contributed by atoms with Crippen molar-refractivity contribution in [3.8, 4) is 0 Å². The van der Waals surface area contributed by atoms with Crippen molar-refractivity contribution in [2.75, 3.05) is 13.7 Å². The molecule has 1 rings (SSSR count). The number of nitrogens with one attached hydrogen (secondary N) is 1. The highest BCUT2D eigenvalue weighted by Crippen LogP contribution is 2.39. The molecule has 0 spiro atoms. The molecule has 0 aromatic heterocycles. The van der Waals surface area contributed by atoms with Crippen LogP contribution in [-0.4, -0.2) is 25.3 Å². The summed E-state index contributed by atoms with van der Waals surface area (Å²) in [7, 11) is 1.94. The minimum atomic E-state index is 0.0855. The molecule has 2 atom stereocenters. The summed E-state index contributed by atoms with van der Waals surface area (Å²) in [5.41, 5.74) is 0.0855. The van der Waals surface area contributed by atoms with Gasteiger partial charge in [0.15, 0.2) is 0 Å². The Morgan fingerprint density at radius 1 is 1.19 bits per heavy atom. The summed E-state index contributed by atoms with van der Waals surface area (Å²) >= 11 is 0. The summed E-state index contributed by atoms with van der Waals surface area (Å²) < 4.78 is 6.13. The van der Waals surface area contributed by atoms with Gasteiger partial charge >= 0.3 is 0 Å². The summed E-state index contributed by atoms with van der Waals surface area (Å²) in [5.74, 6) is 1.72. The number of rotatable bonds is 10. The fourth-order valence-corrected chi connectivity index (χ4v) is 3.99. The van der Waals surface area contributed by atoms with Gasteiger partial charge in [-0.25, -0.2) is 0 Å². The van der Waals surface area contributed by atoms with E-state index < -0.39 is 0 Å². The number of ether oxygens (including phenoxy) is 1. The van der Waals surface area contributed by atoms with Gasteiger partial charge in [0.05, 0.1) is 5.60 Å². The molecule has 0 aliphatic heterocycles. The summed E-state index contributed by atoms with van der Waals surface area (Å²) in [4.78, 5) is 0. The molecule has 126 valence electrons. The maximum Gasteiger partial charge on any atom is 0.0831 e. The monoisotopic (exact) mass is 297 g/mol. The summed E-state index contributed by atoms with van der Waals surface area (Å²) in [6, 6.07) is 0.529. The van der Waals surface area contributed by atoms with Crippen LogP contribution >= 0.6 is 0 Å². The van der Waals surface area contributed by atoms with E-state index in [0.29, 0.717) is 6.04 Å². The van der Waals surface area contributed by atoms with E-state index in [1.165, 1.54) is 57.8 Å². The predicted octanol–water partition coefficient (Wildman–Crippen LogP) is 5.17. The molecular formula is C19H39NO. The van der Waals surface area contributed by atoms with E-state index in [0.717, 1.165) is 18.4 Å². The zero-order valence-electron chi connectivity index (χ0n) is 15.2. The average molecular weight is 298 g/mol. The Morgan fingerprint density at radius 3 is 2.33 bits per heavy atom. The Hall–Kier alpha value is -0.0800. The Kier molecular flexibility index (Phi) is 8.89. The maximum absolute atomic E-state index is 6.13. The van der Waals surface area contributed by atoms with E-state index in [-0.39, 0.29) is 5.60 Å². The normalized spacial score (nSPS) is 29.3. The molecule has 0 saturated heterocycles. The molecule has 0 amide bonds. The number of hydrogen-bond donors (Lipinski definition) is 1. The zero-order chi connectivity index (χ0) is 15.7. The highest BCUT2D eigenvalue weighted by Gasteiger charge is 2.41. The molecule has 0 bridgehead atoms. The fraction of sp³-hybridized carbons (Fsp3) is 1.00. The van der Waals surface area contributed by atoms with Crippen LogP contribution in [0.15, 0.2) is 0 Å². The van der Waals surface area contributed by atoms with Gasteiger partial charge in [0.2, 0.25) is 0 Å². The Balaban J connectivity index is 2.72. The first-order valence-electron chi connectivity index (χ1n) is 9.40. The number of unbranched alkanes of at least 4 members (excludes halogenated alkanes) is 1. The average Bonchev–Trinajstić information content (AvgIpc) is 2.51. The van der Waals surface area contributed by atoms with Crippen LogP contribution in [0.4, 0.5) is 0 Å². The van der Waals surface area contributed by atoms with Crippen molar-refractivity contribution in [2.24, 2.45) is 11.8 Å². The van der Waals surface area contributed by atoms with Crippen LogP contribution in [0.1, 0.15) is 85.5 Å². The SMILES string of the molecule is CCCCC(CC)CC(NCC)C1(OC)CCC(C)CC1. The van der Waals surface area contributed by atoms with Crippen molar-refractivity contribution in [3.05, 3.63) is 0 Å². The van der Waals surface area contributed by atoms with Gasteiger partial charge in [0, 0.05) is 13.2 Å². The molecule has 0 heterocycles. The van der Waals surface area contributed by atoms with Crippen LogP contribution in [0.2, 0.25) is 0 Å². The topological polar surface area (TPSA) is 21.3 Å². The van der Waals surface area contributed by atoms with Crippen LogP contribution < -0.4 is 5.32 Å². The lowest BCUT2D eigenvalue weighted by molar-refractivity contribution is -0.0795. The van der Waals surface area contributed by atoms with Crippen molar-refractivity contribution < 1.29 is 4.74 Å². The van der Waals surface area contributed by atoms with Crippen molar-refractivity contribution >= 4 is 0 Å². The van der Waals surface area contributed by atoms with E-state index >= 15 is 0 Å². The van der Waals surface area contributed by atoms with Crippen molar-refractivity contribution in [1.82, 2.24) is 5.32 Å². The highest BCUT2D eigenvalue weighted by molar-refractivity contribution is 4.97. The smallest absolute Gasteiger partial charge is 0.0831 e. The zero-order valence-corrected chi connectivity index (χ0v) is 15.2. The molecule has 1 saturated carbocycles. The van der Waals surface area contributed by atoms with Gasteiger partial charge in [0.25, 0.3) is 0 Å². The molecule has 1 aliphatic rings. The molecule has 1 fully saturated rings. The largest absolute Gasteiger partial charge is 0.377 e. The summed E-state index contributed by atoms with van der Waals surface area (Å²) in [5, 5.41) is 3.78. The van der Waals surface area contributed by atoms with E-state index in [1.54, 1.807) is 0 Å². The first kappa shape index (κ1) is 19.0. The first-order valence-corrected chi connectivity index (χ1v) is 9.40. The Bertz CT molecular complexity index is 258. The molecule has 0 aromatic carbocycles. The van der Waals surface area contributed by atoms with Crippen LogP contribution in [-0.2, 0) is 4.74 Å². The molecule has 1 N–H and O–H groups in total. The number of hydrogen-bond acceptors (Lipinski definition) is 2. The van der Waals surface area contributed by atoms with Crippen molar-refractivity contribution in [1.29, 1.82) is 0 Å². The second kappa shape index (κ2) is 9.84. The summed E-state index contributed by atoms with van der Waals surface area (Å²) in [6.45, 7) is 10.3. The second-order valence-electron chi connectivity index (χ2n) is 7.21. The van der Waals surface area contributed by atoms with Gasteiger partial charge in [-0.1, -0.05) is 53.4 Å². The van der Waals surface area contributed by atoms with E-state index in [2.05, 4.69) is 33.0 Å². The quantitative estimate of drug-likeness (QED) is 0.601. The molecule has 0 aromatic rings. The molecular weight excluding hydrogens is 258 g/mol. The van der Waals surface area contributed by atoms with Crippen LogP contribution in [0, 0.1) is 11.8 Å². The third-order valence-electron chi connectivity index (χ3n) is 5.73. The summed E-state index contributed by atoms with van der Waals surface area (Å²) in [6.07, 6.45) is 11.8. The van der Waals surface area contributed by atoms with E-state index in [9.17, 15) is 0 Å². The third kappa shape index (κ3) is 5.56. The van der Waals surface area contributed by atoms with E-state index in [1.807, 2.05) is 7.11 Å². The van der Waals surface area contributed by atoms with Crippen LogP contribution in [0.3, 0.4) is 0 Å². The van der Waals surface area contributed by atoms with Crippen LogP contribution in [0.5, 0.6) is 0 Å². The maximum atomic E-state index is 6.13. The number of methoxy groups -OCH3 is 1. The fourth-order valence-electron chi connectivity index (χ4n) is 3.99. The lowest BCUT2D eigenvalue weighted by Crippen LogP contribution is -2.54. The van der Waals surface area contributed by atoms with Gasteiger partial charge in [-0.3, -0.25) is 0 Å².